The number of aryl methyl sites for hydroxylation is 2. The van der Waals surface area contributed by atoms with E-state index in [1.807, 2.05) is 31.2 Å². The summed E-state index contributed by atoms with van der Waals surface area (Å²) in [6, 6.07) is 13.8. The molecule has 6 heteroatoms. The molecular formula is C20H21ClN4O. The van der Waals surface area contributed by atoms with Crippen molar-refractivity contribution < 1.29 is 4.74 Å². The van der Waals surface area contributed by atoms with E-state index in [-0.39, 0.29) is 0 Å². The summed E-state index contributed by atoms with van der Waals surface area (Å²) in [5.74, 6) is 1.89. The third-order valence-corrected chi connectivity index (χ3v) is 4.50. The molecule has 0 saturated heterocycles. The molecule has 2 aromatic carbocycles. The van der Waals surface area contributed by atoms with Gasteiger partial charge in [-0.3, -0.25) is 0 Å². The van der Waals surface area contributed by atoms with E-state index in [1.54, 1.807) is 19.4 Å². The van der Waals surface area contributed by atoms with Gasteiger partial charge in [0.15, 0.2) is 0 Å². The molecule has 0 radical (unpaired) electrons. The van der Waals surface area contributed by atoms with Crippen LogP contribution in [-0.4, -0.2) is 17.1 Å². The van der Waals surface area contributed by atoms with E-state index in [9.17, 15) is 0 Å². The van der Waals surface area contributed by atoms with Gasteiger partial charge >= 0.3 is 0 Å². The fourth-order valence-electron chi connectivity index (χ4n) is 2.56. The van der Waals surface area contributed by atoms with Gasteiger partial charge in [0.2, 0.25) is 5.95 Å². The lowest BCUT2D eigenvalue weighted by Crippen LogP contribution is -2.06. The standard InChI is InChI=1S/C20H21ClN4O/c1-13-6-4-5-7-15(13)12-23-20-22-9-8-19(25-20)24-17-10-14(2)16(21)11-18(17)26-3/h4-11H,12H2,1-3H3,(H2,22,23,24,25). The quantitative estimate of drug-likeness (QED) is 0.633. The van der Waals surface area contributed by atoms with Crippen LogP contribution < -0.4 is 15.4 Å². The number of methoxy groups -OCH3 is 1. The van der Waals surface area contributed by atoms with Crippen LogP contribution in [0.1, 0.15) is 16.7 Å². The van der Waals surface area contributed by atoms with Gasteiger partial charge in [-0.2, -0.15) is 4.98 Å². The minimum atomic E-state index is 0.558. The third-order valence-electron chi connectivity index (χ3n) is 4.10. The van der Waals surface area contributed by atoms with Crippen LogP contribution in [0.15, 0.2) is 48.7 Å². The van der Waals surface area contributed by atoms with E-state index in [1.165, 1.54) is 11.1 Å². The van der Waals surface area contributed by atoms with Gasteiger partial charge in [0.1, 0.15) is 11.6 Å². The molecule has 0 spiro atoms. The minimum Gasteiger partial charge on any atom is -0.495 e. The first-order chi connectivity index (χ1) is 12.6. The Morgan fingerprint density at radius 3 is 2.65 bits per heavy atom. The Labute approximate surface area is 158 Å². The third kappa shape index (κ3) is 4.24. The van der Waals surface area contributed by atoms with E-state index < -0.39 is 0 Å². The van der Waals surface area contributed by atoms with Crippen molar-refractivity contribution in [2.24, 2.45) is 0 Å². The van der Waals surface area contributed by atoms with Crippen molar-refractivity contribution in [1.29, 1.82) is 0 Å². The number of anilines is 3. The fourth-order valence-corrected chi connectivity index (χ4v) is 2.72. The first-order valence-corrected chi connectivity index (χ1v) is 8.67. The second kappa shape index (κ2) is 8.06. The van der Waals surface area contributed by atoms with Crippen molar-refractivity contribution >= 4 is 29.1 Å². The summed E-state index contributed by atoms with van der Waals surface area (Å²) < 4.78 is 5.40. The number of hydrogen-bond acceptors (Lipinski definition) is 5. The van der Waals surface area contributed by atoms with Crippen molar-refractivity contribution in [2.75, 3.05) is 17.7 Å². The highest BCUT2D eigenvalue weighted by Gasteiger charge is 2.09. The monoisotopic (exact) mass is 368 g/mol. The molecule has 0 bridgehead atoms. The lowest BCUT2D eigenvalue weighted by atomic mass is 10.1. The zero-order valence-electron chi connectivity index (χ0n) is 15.0. The average molecular weight is 369 g/mol. The molecule has 0 aliphatic carbocycles. The second-order valence-electron chi connectivity index (χ2n) is 5.97. The largest absolute Gasteiger partial charge is 0.495 e. The molecule has 3 rings (SSSR count). The Bertz CT molecular complexity index is 914. The van der Waals surface area contributed by atoms with E-state index in [0.717, 1.165) is 11.3 Å². The Morgan fingerprint density at radius 1 is 1.08 bits per heavy atom. The van der Waals surface area contributed by atoms with Crippen LogP contribution in [0.2, 0.25) is 5.02 Å². The average Bonchev–Trinajstić information content (AvgIpc) is 2.64. The van der Waals surface area contributed by atoms with E-state index >= 15 is 0 Å². The van der Waals surface area contributed by atoms with Crippen molar-refractivity contribution in [2.45, 2.75) is 20.4 Å². The van der Waals surface area contributed by atoms with Crippen LogP contribution in [0, 0.1) is 13.8 Å². The maximum atomic E-state index is 6.16. The Kier molecular flexibility index (Phi) is 5.58. The number of benzene rings is 2. The Hall–Kier alpha value is -2.79. The number of nitrogens with zero attached hydrogens (tertiary/aromatic N) is 2. The van der Waals surface area contributed by atoms with Crippen LogP contribution >= 0.6 is 11.6 Å². The van der Waals surface area contributed by atoms with Gasteiger partial charge in [-0.05, 0) is 42.7 Å². The van der Waals surface area contributed by atoms with Gasteiger partial charge < -0.3 is 15.4 Å². The van der Waals surface area contributed by atoms with Crippen molar-refractivity contribution in [1.82, 2.24) is 9.97 Å². The number of ether oxygens (including phenoxy) is 1. The molecule has 0 amide bonds. The van der Waals surface area contributed by atoms with Crippen LogP contribution in [0.25, 0.3) is 0 Å². The maximum Gasteiger partial charge on any atom is 0.224 e. The molecule has 134 valence electrons. The SMILES string of the molecule is COc1cc(Cl)c(C)cc1Nc1ccnc(NCc2ccccc2C)n1. The lowest BCUT2D eigenvalue weighted by molar-refractivity contribution is 0.416. The van der Waals surface area contributed by atoms with Gasteiger partial charge in [-0.1, -0.05) is 35.9 Å². The van der Waals surface area contributed by atoms with E-state index in [4.69, 9.17) is 16.3 Å². The second-order valence-corrected chi connectivity index (χ2v) is 6.38. The highest BCUT2D eigenvalue weighted by Crippen LogP contribution is 2.32. The summed E-state index contributed by atoms with van der Waals surface area (Å²) in [6.45, 7) is 4.70. The molecule has 0 saturated carbocycles. The number of halogens is 1. The summed E-state index contributed by atoms with van der Waals surface area (Å²) in [7, 11) is 1.61. The fraction of sp³-hybridized carbons (Fsp3) is 0.200. The molecular weight excluding hydrogens is 348 g/mol. The van der Waals surface area contributed by atoms with Crippen LogP contribution in [-0.2, 0) is 6.54 Å². The van der Waals surface area contributed by atoms with Gasteiger partial charge in [0.05, 0.1) is 12.8 Å². The molecule has 3 aromatic rings. The molecule has 0 aliphatic heterocycles. The maximum absolute atomic E-state index is 6.16. The minimum absolute atomic E-state index is 0.558. The van der Waals surface area contributed by atoms with Crippen LogP contribution in [0.4, 0.5) is 17.5 Å². The van der Waals surface area contributed by atoms with E-state index in [0.29, 0.717) is 29.1 Å². The van der Waals surface area contributed by atoms with Crippen molar-refractivity contribution in [3.05, 3.63) is 70.4 Å². The van der Waals surface area contributed by atoms with Crippen molar-refractivity contribution in [3.63, 3.8) is 0 Å². The number of nitrogens with one attached hydrogen (secondary N) is 2. The van der Waals surface area contributed by atoms with Gasteiger partial charge in [0, 0.05) is 23.8 Å². The molecule has 1 heterocycles. The summed E-state index contributed by atoms with van der Waals surface area (Å²) in [4.78, 5) is 8.80. The summed E-state index contributed by atoms with van der Waals surface area (Å²) in [5.41, 5.74) is 4.21. The molecule has 0 unspecified atom stereocenters. The highest BCUT2D eigenvalue weighted by atomic mass is 35.5. The smallest absolute Gasteiger partial charge is 0.224 e. The molecule has 0 aliphatic rings. The van der Waals surface area contributed by atoms with Crippen molar-refractivity contribution in [3.8, 4) is 5.75 Å². The predicted molar refractivity (Wildman–Crippen MR) is 107 cm³/mol. The lowest BCUT2D eigenvalue weighted by Gasteiger charge is -2.13. The zero-order chi connectivity index (χ0) is 18.5. The van der Waals surface area contributed by atoms with Crippen LogP contribution in [0.5, 0.6) is 5.75 Å². The van der Waals surface area contributed by atoms with Gasteiger partial charge in [0.25, 0.3) is 0 Å². The predicted octanol–water partition coefficient (Wildman–Crippen LogP) is 5.11. The number of hydrogen-bond donors (Lipinski definition) is 2. The molecule has 0 atom stereocenters. The Balaban J connectivity index is 1.76. The molecule has 1 aromatic heterocycles. The highest BCUT2D eigenvalue weighted by molar-refractivity contribution is 6.31. The molecule has 0 fully saturated rings. The van der Waals surface area contributed by atoms with Gasteiger partial charge in [-0.25, -0.2) is 4.98 Å². The first kappa shape index (κ1) is 18.0. The molecule has 2 N–H and O–H groups in total. The van der Waals surface area contributed by atoms with Crippen LogP contribution in [0.3, 0.4) is 0 Å². The topological polar surface area (TPSA) is 59.1 Å². The summed E-state index contributed by atoms with van der Waals surface area (Å²) >= 11 is 6.16. The zero-order valence-corrected chi connectivity index (χ0v) is 15.8. The summed E-state index contributed by atoms with van der Waals surface area (Å²) in [5, 5.41) is 7.19. The normalized spacial score (nSPS) is 10.5. The molecule has 5 nitrogen and oxygen atoms in total. The number of aromatic nitrogens is 2. The number of rotatable bonds is 6. The first-order valence-electron chi connectivity index (χ1n) is 8.29. The van der Waals surface area contributed by atoms with E-state index in [2.05, 4.69) is 39.7 Å². The Morgan fingerprint density at radius 2 is 1.88 bits per heavy atom. The summed E-state index contributed by atoms with van der Waals surface area (Å²) in [6.07, 6.45) is 1.71. The van der Waals surface area contributed by atoms with Gasteiger partial charge in [-0.15, -0.1) is 0 Å². The molecule has 26 heavy (non-hydrogen) atoms.